The third-order valence-corrected chi connectivity index (χ3v) is 4.73. The summed E-state index contributed by atoms with van der Waals surface area (Å²) in [4.78, 5) is 34.1. The molecule has 0 aromatic heterocycles. The van der Waals surface area contributed by atoms with Crippen LogP contribution in [0.1, 0.15) is 21.5 Å². The van der Waals surface area contributed by atoms with E-state index in [1.165, 1.54) is 30.5 Å². The number of nitrogens with one attached hydrogen (secondary N) is 1. The van der Waals surface area contributed by atoms with Crippen molar-refractivity contribution in [3.05, 3.63) is 98.6 Å². The summed E-state index contributed by atoms with van der Waals surface area (Å²) in [6.07, 6.45) is 1.42. The zero-order valence-corrected chi connectivity index (χ0v) is 18.1. The van der Waals surface area contributed by atoms with E-state index in [-0.39, 0.29) is 23.6 Å². The number of amides is 1. The van der Waals surface area contributed by atoms with Crippen LogP contribution in [0.3, 0.4) is 0 Å². The summed E-state index contributed by atoms with van der Waals surface area (Å²) in [5.41, 5.74) is 3.92. The van der Waals surface area contributed by atoms with Gasteiger partial charge in [0.1, 0.15) is 11.5 Å². The zero-order valence-electron chi connectivity index (χ0n) is 17.4. The van der Waals surface area contributed by atoms with E-state index in [0.717, 1.165) is 5.56 Å². The van der Waals surface area contributed by atoms with Crippen LogP contribution in [0, 0.1) is 17.0 Å². The van der Waals surface area contributed by atoms with E-state index < -0.39 is 16.8 Å². The first-order valence-electron chi connectivity index (χ1n) is 9.59. The molecule has 0 aliphatic heterocycles. The van der Waals surface area contributed by atoms with Gasteiger partial charge in [0.15, 0.2) is 6.61 Å². The molecule has 0 radical (unpaired) electrons. The molecule has 0 aliphatic carbocycles. The average Bonchev–Trinajstić information content (AvgIpc) is 2.81. The minimum Gasteiger partial charge on any atom is -0.484 e. The normalized spacial score (nSPS) is 10.6. The largest absolute Gasteiger partial charge is 0.484 e. The number of hydrogen-bond donors (Lipinski definition) is 1. The van der Waals surface area contributed by atoms with Gasteiger partial charge in [-0.05, 0) is 72.6 Å². The first-order valence-corrected chi connectivity index (χ1v) is 9.97. The van der Waals surface area contributed by atoms with E-state index in [9.17, 15) is 19.7 Å². The summed E-state index contributed by atoms with van der Waals surface area (Å²) in [5.74, 6) is -0.275. The molecular weight excluding hydrogens is 450 g/mol. The molecule has 0 heterocycles. The predicted octanol–water partition coefficient (Wildman–Crippen LogP) is 4.30. The average molecular weight is 468 g/mol. The van der Waals surface area contributed by atoms with Crippen LogP contribution in [-0.4, -0.2) is 29.6 Å². The molecule has 168 valence electrons. The molecule has 10 heteroatoms. The monoisotopic (exact) mass is 467 g/mol. The molecule has 0 bridgehead atoms. The molecule has 0 saturated heterocycles. The van der Waals surface area contributed by atoms with Crippen molar-refractivity contribution in [1.29, 1.82) is 0 Å². The topological polar surface area (TPSA) is 120 Å². The van der Waals surface area contributed by atoms with Crippen molar-refractivity contribution in [2.24, 2.45) is 5.10 Å². The molecule has 9 nitrogen and oxygen atoms in total. The Kier molecular flexibility index (Phi) is 7.72. The summed E-state index contributed by atoms with van der Waals surface area (Å²) < 4.78 is 10.6. The standard InChI is InChI=1S/C23H18ClN3O6/c1-15-12-20(10-11-21(15)24)32-14-22(28)26-25-13-16-2-8-19(9-3-16)33-23(29)17-4-6-18(7-5-17)27(30)31/h2-13H,14H2,1H3,(H,26,28)/b25-13+. The molecule has 3 aromatic carbocycles. The van der Waals surface area contributed by atoms with Gasteiger partial charge in [0.2, 0.25) is 0 Å². The lowest BCUT2D eigenvalue weighted by molar-refractivity contribution is -0.384. The van der Waals surface area contributed by atoms with Crippen molar-refractivity contribution >= 4 is 35.4 Å². The highest BCUT2D eigenvalue weighted by Crippen LogP contribution is 2.21. The number of nitrogens with zero attached hydrogens (tertiary/aromatic N) is 2. The highest BCUT2D eigenvalue weighted by molar-refractivity contribution is 6.31. The lowest BCUT2D eigenvalue weighted by Gasteiger charge is -2.06. The number of rotatable bonds is 8. The summed E-state index contributed by atoms with van der Waals surface area (Å²) in [7, 11) is 0. The van der Waals surface area contributed by atoms with Gasteiger partial charge in [-0.25, -0.2) is 10.2 Å². The third-order valence-electron chi connectivity index (χ3n) is 4.31. The second-order valence-electron chi connectivity index (χ2n) is 6.76. The van der Waals surface area contributed by atoms with Gasteiger partial charge in [-0.15, -0.1) is 0 Å². The number of carbonyl (C=O) groups excluding carboxylic acids is 2. The smallest absolute Gasteiger partial charge is 0.343 e. The first-order chi connectivity index (χ1) is 15.8. The Bertz CT molecular complexity index is 1190. The van der Waals surface area contributed by atoms with Gasteiger partial charge >= 0.3 is 5.97 Å². The van der Waals surface area contributed by atoms with Gasteiger partial charge in [-0.2, -0.15) is 5.10 Å². The number of non-ortho nitro benzene ring substituents is 1. The molecule has 0 saturated carbocycles. The van der Waals surface area contributed by atoms with Crippen molar-refractivity contribution in [3.63, 3.8) is 0 Å². The Morgan fingerprint density at radius 1 is 1.06 bits per heavy atom. The Morgan fingerprint density at radius 2 is 1.73 bits per heavy atom. The van der Waals surface area contributed by atoms with Crippen molar-refractivity contribution in [3.8, 4) is 11.5 Å². The van der Waals surface area contributed by atoms with Crippen molar-refractivity contribution in [2.75, 3.05) is 6.61 Å². The Hall–Kier alpha value is -4.24. The number of aryl methyl sites for hydroxylation is 1. The van der Waals surface area contributed by atoms with E-state index in [1.54, 1.807) is 42.5 Å². The molecule has 3 rings (SSSR count). The molecule has 0 unspecified atom stereocenters. The summed E-state index contributed by atoms with van der Waals surface area (Å²) in [5, 5.41) is 15.1. The first kappa shape index (κ1) is 23.4. The fraction of sp³-hybridized carbons (Fsp3) is 0.0870. The second kappa shape index (κ2) is 10.9. The van der Waals surface area contributed by atoms with E-state index in [0.29, 0.717) is 16.3 Å². The van der Waals surface area contributed by atoms with Crippen LogP contribution < -0.4 is 14.9 Å². The maximum Gasteiger partial charge on any atom is 0.343 e. The van der Waals surface area contributed by atoms with Crippen LogP contribution in [0.4, 0.5) is 5.69 Å². The predicted molar refractivity (Wildman–Crippen MR) is 122 cm³/mol. The maximum atomic E-state index is 12.1. The molecule has 3 aromatic rings. The number of hydrazone groups is 1. The van der Waals surface area contributed by atoms with Crippen molar-refractivity contribution < 1.29 is 24.0 Å². The number of carbonyl (C=O) groups is 2. The highest BCUT2D eigenvalue weighted by Gasteiger charge is 2.11. The van der Waals surface area contributed by atoms with Crippen LogP contribution >= 0.6 is 11.6 Å². The van der Waals surface area contributed by atoms with Gasteiger partial charge in [0.25, 0.3) is 11.6 Å². The van der Waals surface area contributed by atoms with E-state index in [1.807, 2.05) is 6.92 Å². The van der Waals surface area contributed by atoms with Gasteiger partial charge < -0.3 is 9.47 Å². The fourth-order valence-corrected chi connectivity index (χ4v) is 2.69. The molecule has 0 spiro atoms. The number of esters is 1. The number of nitro benzene ring substituents is 1. The third kappa shape index (κ3) is 6.88. The van der Waals surface area contributed by atoms with Crippen LogP contribution in [-0.2, 0) is 4.79 Å². The number of ether oxygens (including phenoxy) is 2. The number of hydrogen-bond acceptors (Lipinski definition) is 7. The quantitative estimate of drug-likeness (QED) is 0.173. The molecule has 0 fully saturated rings. The summed E-state index contributed by atoms with van der Waals surface area (Å²) in [6.45, 7) is 1.62. The lowest BCUT2D eigenvalue weighted by Crippen LogP contribution is -2.24. The summed E-state index contributed by atoms with van der Waals surface area (Å²) >= 11 is 5.95. The molecule has 1 N–H and O–H groups in total. The zero-order chi connectivity index (χ0) is 23.8. The van der Waals surface area contributed by atoms with Crippen molar-refractivity contribution in [1.82, 2.24) is 5.43 Å². The molecular formula is C23H18ClN3O6. The minimum atomic E-state index is -0.644. The second-order valence-corrected chi connectivity index (χ2v) is 7.16. The number of halogens is 1. The van der Waals surface area contributed by atoms with Crippen LogP contribution in [0.25, 0.3) is 0 Å². The minimum absolute atomic E-state index is 0.117. The Balaban J connectivity index is 1.47. The van der Waals surface area contributed by atoms with Gasteiger partial charge in [-0.3, -0.25) is 14.9 Å². The number of nitro groups is 1. The Morgan fingerprint density at radius 3 is 2.36 bits per heavy atom. The molecule has 33 heavy (non-hydrogen) atoms. The fourth-order valence-electron chi connectivity index (χ4n) is 2.57. The van der Waals surface area contributed by atoms with Crippen LogP contribution in [0.5, 0.6) is 11.5 Å². The van der Waals surface area contributed by atoms with Crippen LogP contribution in [0.2, 0.25) is 5.02 Å². The Labute approximate surface area is 193 Å². The van der Waals surface area contributed by atoms with Crippen LogP contribution in [0.15, 0.2) is 71.8 Å². The van der Waals surface area contributed by atoms with Gasteiger partial charge in [0.05, 0.1) is 16.7 Å². The van der Waals surface area contributed by atoms with E-state index >= 15 is 0 Å². The molecule has 1 amide bonds. The summed E-state index contributed by atoms with van der Waals surface area (Å²) in [6, 6.07) is 16.6. The maximum absolute atomic E-state index is 12.1. The van der Waals surface area contributed by atoms with Gasteiger partial charge in [0, 0.05) is 17.2 Å². The SMILES string of the molecule is Cc1cc(OCC(=O)N/N=C/c2ccc(OC(=O)c3ccc([N+](=O)[O-])cc3)cc2)ccc1Cl. The van der Waals surface area contributed by atoms with Crippen molar-refractivity contribution in [2.45, 2.75) is 6.92 Å². The van der Waals surface area contributed by atoms with E-state index in [4.69, 9.17) is 21.1 Å². The molecule has 0 atom stereocenters. The number of benzene rings is 3. The highest BCUT2D eigenvalue weighted by atomic mass is 35.5. The van der Waals surface area contributed by atoms with Gasteiger partial charge in [-0.1, -0.05) is 11.6 Å². The lowest BCUT2D eigenvalue weighted by atomic mass is 10.2. The molecule has 0 aliphatic rings. The van der Waals surface area contributed by atoms with E-state index in [2.05, 4.69) is 10.5 Å².